The first-order chi connectivity index (χ1) is 6.20. The Hall–Kier alpha value is -1.53. The Kier molecular flexibility index (Phi) is 2.88. The highest BCUT2D eigenvalue weighted by atomic mass is 35.5. The summed E-state index contributed by atoms with van der Waals surface area (Å²) in [6.45, 7) is 0. The summed E-state index contributed by atoms with van der Waals surface area (Å²) < 4.78 is 4.49. The largest absolute Gasteiger partial charge is 0.465 e. The SMILES string of the molecule is COC(=O)c1c(Cl)cccc1C#N. The molecule has 0 amide bonds. The van der Waals surface area contributed by atoms with Crippen molar-refractivity contribution < 1.29 is 9.53 Å². The number of halogens is 1. The van der Waals surface area contributed by atoms with Crippen LogP contribution in [0.4, 0.5) is 0 Å². The average Bonchev–Trinajstić information content (AvgIpc) is 2.16. The zero-order chi connectivity index (χ0) is 9.84. The van der Waals surface area contributed by atoms with Crippen molar-refractivity contribution in [2.75, 3.05) is 7.11 Å². The van der Waals surface area contributed by atoms with Crippen LogP contribution < -0.4 is 0 Å². The monoisotopic (exact) mass is 195 g/mol. The van der Waals surface area contributed by atoms with Crippen LogP contribution in [-0.2, 0) is 4.74 Å². The number of ether oxygens (including phenoxy) is 1. The Morgan fingerprint density at radius 2 is 2.31 bits per heavy atom. The lowest BCUT2D eigenvalue weighted by atomic mass is 10.1. The summed E-state index contributed by atoms with van der Waals surface area (Å²) in [4.78, 5) is 11.2. The van der Waals surface area contributed by atoms with Crippen LogP contribution in [0.3, 0.4) is 0 Å². The average molecular weight is 196 g/mol. The summed E-state index contributed by atoms with van der Waals surface area (Å²) in [5.74, 6) is -0.595. The van der Waals surface area contributed by atoms with Gasteiger partial charge in [0, 0.05) is 0 Å². The maximum absolute atomic E-state index is 11.2. The summed E-state index contributed by atoms with van der Waals surface area (Å²) in [5, 5.41) is 8.90. The van der Waals surface area contributed by atoms with Gasteiger partial charge in [-0.15, -0.1) is 0 Å². The number of nitrogens with zero attached hydrogens (tertiary/aromatic N) is 1. The van der Waals surface area contributed by atoms with E-state index in [0.29, 0.717) is 0 Å². The van der Waals surface area contributed by atoms with Crippen molar-refractivity contribution in [3.05, 3.63) is 34.3 Å². The van der Waals surface area contributed by atoms with Crippen molar-refractivity contribution in [3.8, 4) is 6.07 Å². The summed E-state index contributed by atoms with van der Waals surface area (Å²) in [6, 6.07) is 6.52. The van der Waals surface area contributed by atoms with E-state index in [1.54, 1.807) is 6.07 Å². The molecule has 0 aromatic heterocycles. The molecule has 1 aromatic rings. The molecule has 0 atom stereocenters. The van der Waals surface area contributed by atoms with Crippen LogP contribution in [0.1, 0.15) is 15.9 Å². The van der Waals surface area contributed by atoms with Crippen molar-refractivity contribution >= 4 is 17.6 Å². The summed E-state index contributed by atoms with van der Waals surface area (Å²) >= 11 is 5.73. The summed E-state index contributed by atoms with van der Waals surface area (Å²) in [7, 11) is 1.24. The van der Waals surface area contributed by atoms with Gasteiger partial charge in [-0.05, 0) is 12.1 Å². The normalized spacial score (nSPS) is 9.00. The topological polar surface area (TPSA) is 50.1 Å². The molecule has 3 nitrogen and oxygen atoms in total. The van der Waals surface area contributed by atoms with E-state index in [0.717, 1.165) is 0 Å². The molecule has 4 heteroatoms. The number of nitriles is 1. The van der Waals surface area contributed by atoms with Crippen molar-refractivity contribution in [3.63, 3.8) is 0 Å². The smallest absolute Gasteiger partial charge is 0.340 e. The first kappa shape index (κ1) is 9.56. The fraction of sp³-hybridized carbons (Fsp3) is 0.111. The molecule has 0 spiro atoms. The van der Waals surface area contributed by atoms with Crippen LogP contribution in [0.2, 0.25) is 5.02 Å². The molecule has 1 rings (SSSR count). The minimum atomic E-state index is -0.595. The molecule has 0 saturated heterocycles. The molecule has 66 valence electrons. The Morgan fingerprint density at radius 3 is 2.85 bits per heavy atom. The third-order valence-corrected chi connectivity index (χ3v) is 1.84. The van der Waals surface area contributed by atoms with E-state index >= 15 is 0 Å². The minimum Gasteiger partial charge on any atom is -0.465 e. The number of benzene rings is 1. The van der Waals surface area contributed by atoms with Crippen LogP contribution in [-0.4, -0.2) is 13.1 Å². The first-order valence-corrected chi connectivity index (χ1v) is 3.85. The first-order valence-electron chi connectivity index (χ1n) is 3.47. The molecular formula is C9H6ClNO2. The molecule has 0 N–H and O–H groups in total. The quantitative estimate of drug-likeness (QED) is 0.644. The van der Waals surface area contributed by atoms with E-state index in [4.69, 9.17) is 16.9 Å². The zero-order valence-corrected chi connectivity index (χ0v) is 7.63. The van der Waals surface area contributed by atoms with Gasteiger partial charge in [-0.3, -0.25) is 0 Å². The second-order valence-corrected chi connectivity index (χ2v) is 2.67. The molecule has 13 heavy (non-hydrogen) atoms. The fourth-order valence-corrected chi connectivity index (χ4v) is 1.18. The summed E-state index contributed by atoms with van der Waals surface area (Å²) in [6.07, 6.45) is 0. The van der Waals surface area contributed by atoms with Crippen LogP contribution in [0, 0.1) is 11.3 Å². The van der Waals surface area contributed by atoms with E-state index < -0.39 is 5.97 Å². The number of rotatable bonds is 1. The summed E-state index contributed by atoms with van der Waals surface area (Å²) in [5.41, 5.74) is 0.341. The number of esters is 1. The van der Waals surface area contributed by atoms with Gasteiger partial charge in [0.15, 0.2) is 0 Å². The van der Waals surface area contributed by atoms with Gasteiger partial charge in [-0.1, -0.05) is 17.7 Å². The molecule has 0 aliphatic heterocycles. The van der Waals surface area contributed by atoms with E-state index in [-0.39, 0.29) is 16.1 Å². The molecule has 0 aliphatic carbocycles. The number of hydrogen-bond acceptors (Lipinski definition) is 3. The maximum atomic E-state index is 11.2. The lowest BCUT2D eigenvalue weighted by Gasteiger charge is -2.02. The van der Waals surface area contributed by atoms with E-state index in [1.165, 1.54) is 19.2 Å². The van der Waals surface area contributed by atoms with Gasteiger partial charge in [0.2, 0.25) is 0 Å². The molecule has 0 saturated carbocycles. The highest BCUT2D eigenvalue weighted by Crippen LogP contribution is 2.20. The predicted octanol–water partition coefficient (Wildman–Crippen LogP) is 2.00. The molecule has 0 bridgehead atoms. The lowest BCUT2D eigenvalue weighted by Crippen LogP contribution is -2.04. The second-order valence-electron chi connectivity index (χ2n) is 2.27. The van der Waals surface area contributed by atoms with Crippen molar-refractivity contribution in [1.82, 2.24) is 0 Å². The van der Waals surface area contributed by atoms with E-state index in [1.807, 2.05) is 6.07 Å². The van der Waals surface area contributed by atoms with Gasteiger partial charge in [0.25, 0.3) is 0 Å². The number of hydrogen-bond donors (Lipinski definition) is 0. The van der Waals surface area contributed by atoms with Crippen LogP contribution in [0.25, 0.3) is 0 Å². The number of carbonyl (C=O) groups excluding carboxylic acids is 1. The maximum Gasteiger partial charge on any atom is 0.340 e. The predicted molar refractivity (Wildman–Crippen MR) is 47.5 cm³/mol. The molecule has 1 aromatic carbocycles. The van der Waals surface area contributed by atoms with Gasteiger partial charge >= 0.3 is 5.97 Å². The minimum absolute atomic E-state index is 0.120. The van der Waals surface area contributed by atoms with E-state index in [9.17, 15) is 4.79 Å². The molecule has 0 radical (unpaired) electrons. The van der Waals surface area contributed by atoms with Gasteiger partial charge < -0.3 is 4.74 Å². The Morgan fingerprint density at radius 1 is 1.62 bits per heavy atom. The second kappa shape index (κ2) is 3.92. The van der Waals surface area contributed by atoms with Crippen LogP contribution in [0.15, 0.2) is 18.2 Å². The fourth-order valence-electron chi connectivity index (χ4n) is 0.927. The lowest BCUT2D eigenvalue weighted by molar-refractivity contribution is 0.0600. The number of methoxy groups -OCH3 is 1. The zero-order valence-electron chi connectivity index (χ0n) is 6.87. The highest BCUT2D eigenvalue weighted by Gasteiger charge is 2.14. The molecule has 0 heterocycles. The Bertz CT molecular complexity index is 382. The van der Waals surface area contributed by atoms with E-state index in [2.05, 4.69) is 4.74 Å². The Balaban J connectivity index is 3.33. The Labute approximate surface area is 80.5 Å². The van der Waals surface area contributed by atoms with Crippen molar-refractivity contribution in [2.45, 2.75) is 0 Å². The van der Waals surface area contributed by atoms with Crippen molar-refractivity contribution in [2.24, 2.45) is 0 Å². The molecule has 0 aliphatic rings. The van der Waals surface area contributed by atoms with Crippen LogP contribution >= 0.6 is 11.6 Å². The highest BCUT2D eigenvalue weighted by molar-refractivity contribution is 6.33. The standard InChI is InChI=1S/C9H6ClNO2/c1-13-9(12)8-6(5-11)3-2-4-7(8)10/h2-4H,1H3. The van der Waals surface area contributed by atoms with Gasteiger partial charge in [-0.2, -0.15) is 5.26 Å². The molecule has 0 fully saturated rings. The van der Waals surface area contributed by atoms with Crippen molar-refractivity contribution in [1.29, 1.82) is 5.26 Å². The third kappa shape index (κ3) is 1.79. The number of carbonyl (C=O) groups is 1. The van der Waals surface area contributed by atoms with Crippen LogP contribution in [0.5, 0.6) is 0 Å². The molecular weight excluding hydrogens is 190 g/mol. The molecule has 0 unspecified atom stereocenters. The van der Waals surface area contributed by atoms with Gasteiger partial charge in [0.05, 0.1) is 23.3 Å². The van der Waals surface area contributed by atoms with Gasteiger partial charge in [0.1, 0.15) is 6.07 Å². The third-order valence-electron chi connectivity index (χ3n) is 1.52. The van der Waals surface area contributed by atoms with Gasteiger partial charge in [-0.25, -0.2) is 4.79 Å².